The molecule has 0 unspecified atom stereocenters. The van der Waals surface area contributed by atoms with E-state index in [0.717, 1.165) is 23.9 Å². The van der Waals surface area contributed by atoms with Gasteiger partial charge < -0.3 is 25.3 Å². The molecule has 36 heavy (non-hydrogen) atoms. The van der Waals surface area contributed by atoms with Gasteiger partial charge in [-0.2, -0.15) is 0 Å². The SMILES string of the molecule is O=C(NCCCNS(=O)(=O)c1ccc(F)c(Cl)c1)[C@H](O)[C@@H](O)C(=O)N1CCN(c2ccccc2)CC1. The molecule has 2 amide bonds. The topological polar surface area (TPSA) is 139 Å². The molecular weight excluding hydrogens is 515 g/mol. The molecule has 2 atom stereocenters. The summed E-state index contributed by atoms with van der Waals surface area (Å²) in [7, 11) is -3.93. The second-order valence-electron chi connectivity index (χ2n) is 8.16. The molecule has 1 aliphatic heterocycles. The summed E-state index contributed by atoms with van der Waals surface area (Å²) >= 11 is 5.61. The van der Waals surface area contributed by atoms with Gasteiger partial charge in [-0.25, -0.2) is 17.5 Å². The molecule has 0 spiro atoms. The number of rotatable bonds is 10. The molecule has 0 bridgehead atoms. The van der Waals surface area contributed by atoms with Gasteiger partial charge in [-0.15, -0.1) is 0 Å². The number of aliphatic hydroxyl groups is 2. The van der Waals surface area contributed by atoms with Gasteiger partial charge in [0.1, 0.15) is 5.82 Å². The van der Waals surface area contributed by atoms with Gasteiger partial charge in [-0.05, 0) is 36.8 Å². The number of carbonyl (C=O) groups is 2. The minimum Gasteiger partial charge on any atom is -0.380 e. The second kappa shape index (κ2) is 12.5. The minimum absolute atomic E-state index is 0.0285. The Morgan fingerprint density at radius 3 is 2.31 bits per heavy atom. The van der Waals surface area contributed by atoms with Crippen molar-refractivity contribution in [3.63, 3.8) is 0 Å². The molecule has 1 heterocycles. The van der Waals surface area contributed by atoms with Crippen LogP contribution in [0, 0.1) is 5.82 Å². The number of benzene rings is 2. The Balaban J connectivity index is 1.39. The second-order valence-corrected chi connectivity index (χ2v) is 10.3. The Bertz CT molecular complexity index is 1160. The summed E-state index contributed by atoms with van der Waals surface area (Å²) in [5.41, 5.74) is 1.02. The third-order valence-corrected chi connectivity index (χ3v) is 7.43. The lowest BCUT2D eigenvalue weighted by molar-refractivity contribution is -0.153. The summed E-state index contributed by atoms with van der Waals surface area (Å²) < 4.78 is 39.9. The van der Waals surface area contributed by atoms with Gasteiger partial charge in [0.15, 0.2) is 12.2 Å². The van der Waals surface area contributed by atoms with Crippen LogP contribution in [0.3, 0.4) is 0 Å². The highest BCUT2D eigenvalue weighted by Gasteiger charge is 2.34. The van der Waals surface area contributed by atoms with E-state index in [1.807, 2.05) is 30.3 Å². The van der Waals surface area contributed by atoms with Crippen LogP contribution in [0.4, 0.5) is 10.1 Å². The first-order valence-corrected chi connectivity index (χ1v) is 13.1. The lowest BCUT2D eigenvalue weighted by Crippen LogP contribution is -2.55. The molecule has 1 aliphatic rings. The van der Waals surface area contributed by atoms with Crippen molar-refractivity contribution >= 4 is 39.1 Å². The van der Waals surface area contributed by atoms with Crippen LogP contribution < -0.4 is 14.9 Å². The Morgan fingerprint density at radius 2 is 1.67 bits per heavy atom. The normalized spacial score (nSPS) is 15.9. The Morgan fingerprint density at radius 1 is 1.00 bits per heavy atom. The highest BCUT2D eigenvalue weighted by Crippen LogP contribution is 2.19. The van der Waals surface area contributed by atoms with Crippen molar-refractivity contribution in [3.05, 3.63) is 59.4 Å². The Labute approximate surface area is 213 Å². The van der Waals surface area contributed by atoms with E-state index >= 15 is 0 Å². The van der Waals surface area contributed by atoms with Crippen molar-refractivity contribution in [3.8, 4) is 0 Å². The Kier molecular flexibility index (Phi) is 9.63. The molecular formula is C23H28ClFN4O6S. The number of para-hydroxylation sites is 1. The predicted octanol–water partition coefficient (Wildman–Crippen LogP) is 0.334. The third-order valence-electron chi connectivity index (χ3n) is 5.68. The number of piperazine rings is 1. The molecule has 3 rings (SSSR count). The number of anilines is 1. The largest absolute Gasteiger partial charge is 0.380 e. The van der Waals surface area contributed by atoms with Crippen LogP contribution in [0.2, 0.25) is 5.02 Å². The van der Waals surface area contributed by atoms with Crippen molar-refractivity contribution in [2.75, 3.05) is 44.2 Å². The summed E-state index contributed by atoms with van der Waals surface area (Å²) in [6.07, 6.45) is -3.74. The van der Waals surface area contributed by atoms with Gasteiger partial charge in [0, 0.05) is 45.0 Å². The van der Waals surface area contributed by atoms with Crippen molar-refractivity contribution < 1.29 is 32.6 Å². The van der Waals surface area contributed by atoms with Crippen LogP contribution >= 0.6 is 11.6 Å². The van der Waals surface area contributed by atoms with E-state index in [-0.39, 0.29) is 29.4 Å². The molecule has 2 aromatic rings. The van der Waals surface area contributed by atoms with Gasteiger partial charge in [-0.3, -0.25) is 9.59 Å². The zero-order chi connectivity index (χ0) is 26.3. The molecule has 1 saturated heterocycles. The average molecular weight is 543 g/mol. The van der Waals surface area contributed by atoms with Crippen LogP contribution in [0.1, 0.15) is 6.42 Å². The van der Waals surface area contributed by atoms with Crippen LogP contribution in [-0.2, 0) is 19.6 Å². The van der Waals surface area contributed by atoms with Crippen LogP contribution in [0.15, 0.2) is 53.4 Å². The fraction of sp³-hybridized carbons (Fsp3) is 0.391. The van der Waals surface area contributed by atoms with Gasteiger partial charge >= 0.3 is 0 Å². The lowest BCUT2D eigenvalue weighted by atomic mass is 10.1. The molecule has 13 heteroatoms. The van der Waals surface area contributed by atoms with E-state index in [1.165, 1.54) is 4.90 Å². The number of aliphatic hydroxyl groups excluding tert-OH is 2. The van der Waals surface area contributed by atoms with Gasteiger partial charge in [0.05, 0.1) is 9.92 Å². The first kappa shape index (κ1) is 27.8. The molecule has 0 aromatic heterocycles. The number of hydrogen-bond acceptors (Lipinski definition) is 7. The van der Waals surface area contributed by atoms with Crippen LogP contribution in [-0.4, -0.2) is 86.8 Å². The summed E-state index contributed by atoms with van der Waals surface area (Å²) in [4.78, 5) is 28.0. The molecule has 1 fully saturated rings. The number of carbonyl (C=O) groups excluding carboxylic acids is 2. The van der Waals surface area contributed by atoms with Crippen LogP contribution in [0.5, 0.6) is 0 Å². The van der Waals surface area contributed by atoms with Crippen molar-refractivity contribution in [1.82, 2.24) is 14.9 Å². The quantitative estimate of drug-likeness (QED) is 0.317. The first-order valence-electron chi connectivity index (χ1n) is 11.3. The van der Waals surface area contributed by atoms with Crippen LogP contribution in [0.25, 0.3) is 0 Å². The number of nitrogens with one attached hydrogen (secondary N) is 2. The molecule has 0 aliphatic carbocycles. The summed E-state index contributed by atoms with van der Waals surface area (Å²) in [6.45, 7) is 1.66. The molecule has 196 valence electrons. The number of hydrogen-bond donors (Lipinski definition) is 4. The van der Waals surface area contributed by atoms with Gasteiger partial charge in [0.2, 0.25) is 10.0 Å². The summed E-state index contributed by atoms with van der Waals surface area (Å²) in [5, 5.41) is 22.4. The number of amides is 2. The minimum atomic E-state index is -3.93. The number of nitrogens with zero attached hydrogens (tertiary/aromatic N) is 2. The molecule has 0 radical (unpaired) electrons. The van der Waals surface area contributed by atoms with Gasteiger partial charge in [-0.1, -0.05) is 29.8 Å². The van der Waals surface area contributed by atoms with Gasteiger partial charge in [0.25, 0.3) is 11.8 Å². The molecule has 4 N–H and O–H groups in total. The first-order chi connectivity index (χ1) is 17.1. The van der Waals surface area contributed by atoms with E-state index in [0.29, 0.717) is 26.2 Å². The lowest BCUT2D eigenvalue weighted by Gasteiger charge is -2.37. The smallest absolute Gasteiger partial charge is 0.254 e. The van der Waals surface area contributed by atoms with Crippen molar-refractivity contribution in [1.29, 1.82) is 0 Å². The fourth-order valence-corrected chi connectivity index (χ4v) is 4.97. The molecule has 10 nitrogen and oxygen atoms in total. The number of sulfonamides is 1. The monoisotopic (exact) mass is 542 g/mol. The Hall–Kier alpha value is -2.77. The predicted molar refractivity (Wildman–Crippen MR) is 131 cm³/mol. The third kappa shape index (κ3) is 7.14. The highest BCUT2D eigenvalue weighted by molar-refractivity contribution is 7.89. The van der Waals surface area contributed by atoms with Crippen molar-refractivity contribution in [2.45, 2.75) is 23.5 Å². The molecule has 2 aromatic carbocycles. The average Bonchev–Trinajstić information content (AvgIpc) is 2.89. The summed E-state index contributed by atoms with van der Waals surface area (Å²) in [6, 6.07) is 12.7. The van der Waals surface area contributed by atoms with E-state index in [2.05, 4.69) is 14.9 Å². The molecule has 0 saturated carbocycles. The maximum atomic E-state index is 13.2. The zero-order valence-electron chi connectivity index (χ0n) is 19.3. The fourth-order valence-electron chi connectivity index (χ4n) is 3.63. The maximum absolute atomic E-state index is 13.2. The standard InChI is InChI=1S/C23H28ClFN4O6S/c24-18-15-17(7-8-19(18)25)36(34,35)27-10-4-9-26-22(32)20(30)21(31)23(33)29-13-11-28(12-14-29)16-5-2-1-3-6-16/h1-3,5-8,15,20-21,27,30-31H,4,9-14H2,(H,26,32)/t20-,21-/m1/s1. The highest BCUT2D eigenvalue weighted by atomic mass is 35.5. The maximum Gasteiger partial charge on any atom is 0.254 e. The van der Waals surface area contributed by atoms with E-state index in [1.54, 1.807) is 0 Å². The van der Waals surface area contributed by atoms with E-state index in [9.17, 15) is 32.6 Å². The number of halogens is 2. The van der Waals surface area contributed by atoms with Crippen molar-refractivity contribution in [2.24, 2.45) is 0 Å². The summed E-state index contributed by atoms with van der Waals surface area (Å²) in [5.74, 6) is -2.44. The zero-order valence-corrected chi connectivity index (χ0v) is 20.9. The van der Waals surface area contributed by atoms with E-state index in [4.69, 9.17) is 11.6 Å². The van der Waals surface area contributed by atoms with E-state index < -0.39 is 39.9 Å².